The minimum absolute atomic E-state index is 0.157. The number of fused-ring (bicyclic) bond motifs is 1. The van der Waals surface area contributed by atoms with Gasteiger partial charge in [-0.25, -0.2) is 4.39 Å². The Morgan fingerprint density at radius 3 is 2.71 bits per heavy atom. The van der Waals surface area contributed by atoms with E-state index in [-0.39, 0.29) is 5.82 Å². The van der Waals surface area contributed by atoms with Gasteiger partial charge in [0.2, 0.25) is 0 Å². The van der Waals surface area contributed by atoms with Crippen molar-refractivity contribution in [3.8, 4) is 0 Å². The Bertz CT molecular complexity index is 504. The van der Waals surface area contributed by atoms with Gasteiger partial charge in [-0.2, -0.15) is 0 Å². The summed E-state index contributed by atoms with van der Waals surface area (Å²) >= 11 is 1.69. The molecule has 0 radical (unpaired) electrons. The summed E-state index contributed by atoms with van der Waals surface area (Å²) < 4.78 is 14.2. The average molecular weight is 251 g/mol. The molecule has 0 amide bonds. The molecule has 0 saturated carbocycles. The maximum Gasteiger partial charge on any atom is 0.124 e. The lowest BCUT2D eigenvalue weighted by atomic mass is 10.0. The van der Waals surface area contributed by atoms with Crippen LogP contribution in [0.1, 0.15) is 31.7 Å². The second-order valence-corrected chi connectivity index (χ2v) is 5.73. The topological polar surface area (TPSA) is 12.0 Å². The van der Waals surface area contributed by atoms with Crippen LogP contribution in [-0.4, -0.2) is 6.54 Å². The van der Waals surface area contributed by atoms with Crippen molar-refractivity contribution in [2.45, 2.75) is 26.8 Å². The molecule has 1 N–H and O–H groups in total. The Hall–Kier alpha value is -0.930. The van der Waals surface area contributed by atoms with E-state index in [1.54, 1.807) is 17.4 Å². The second-order valence-electron chi connectivity index (χ2n) is 4.61. The van der Waals surface area contributed by atoms with Gasteiger partial charge in [0, 0.05) is 15.6 Å². The van der Waals surface area contributed by atoms with Crippen molar-refractivity contribution in [1.29, 1.82) is 0 Å². The molecule has 1 heterocycles. The van der Waals surface area contributed by atoms with Gasteiger partial charge in [-0.3, -0.25) is 0 Å². The molecule has 0 fully saturated rings. The van der Waals surface area contributed by atoms with Gasteiger partial charge in [0.15, 0.2) is 0 Å². The summed E-state index contributed by atoms with van der Waals surface area (Å²) in [7, 11) is 0. The number of thiophene rings is 1. The highest BCUT2D eigenvalue weighted by Crippen LogP contribution is 2.33. The summed E-state index contributed by atoms with van der Waals surface area (Å²) in [5, 5.41) is 4.62. The largest absolute Gasteiger partial charge is 0.309 e. The first-order valence-corrected chi connectivity index (χ1v) is 6.86. The molecular weight excluding hydrogens is 233 g/mol. The lowest BCUT2D eigenvalue weighted by Gasteiger charge is -2.20. The summed E-state index contributed by atoms with van der Waals surface area (Å²) in [6.07, 6.45) is 0. The molecule has 0 spiro atoms. The van der Waals surface area contributed by atoms with Crippen LogP contribution in [0.25, 0.3) is 10.1 Å². The van der Waals surface area contributed by atoms with Crippen molar-refractivity contribution >= 4 is 21.4 Å². The fourth-order valence-corrected chi connectivity index (χ4v) is 3.40. The average Bonchev–Trinajstić information content (AvgIpc) is 2.67. The SMILES string of the molecule is CCNC(c1cc2ccc(F)cc2s1)C(C)C. The zero-order chi connectivity index (χ0) is 12.4. The number of hydrogen-bond acceptors (Lipinski definition) is 2. The first kappa shape index (κ1) is 12.5. The zero-order valence-corrected chi connectivity index (χ0v) is 11.3. The molecule has 1 atom stereocenters. The van der Waals surface area contributed by atoms with Crippen molar-refractivity contribution in [3.05, 3.63) is 35.0 Å². The molecule has 1 nitrogen and oxygen atoms in total. The first-order valence-electron chi connectivity index (χ1n) is 6.04. The van der Waals surface area contributed by atoms with Crippen molar-refractivity contribution < 1.29 is 4.39 Å². The summed E-state index contributed by atoms with van der Waals surface area (Å²) in [5.41, 5.74) is 0. The zero-order valence-electron chi connectivity index (χ0n) is 10.5. The molecule has 0 aliphatic carbocycles. The van der Waals surface area contributed by atoms with E-state index in [1.807, 2.05) is 6.07 Å². The quantitative estimate of drug-likeness (QED) is 0.852. The van der Waals surface area contributed by atoms with E-state index >= 15 is 0 Å². The molecule has 0 saturated heterocycles. The van der Waals surface area contributed by atoms with Crippen LogP contribution < -0.4 is 5.32 Å². The van der Waals surface area contributed by atoms with E-state index in [1.165, 1.54) is 10.9 Å². The molecule has 0 bridgehead atoms. The fraction of sp³-hybridized carbons (Fsp3) is 0.429. The van der Waals surface area contributed by atoms with E-state index in [9.17, 15) is 4.39 Å². The van der Waals surface area contributed by atoms with Crippen LogP contribution in [0.15, 0.2) is 24.3 Å². The van der Waals surface area contributed by atoms with Gasteiger partial charge < -0.3 is 5.32 Å². The third-order valence-electron chi connectivity index (χ3n) is 2.90. The van der Waals surface area contributed by atoms with Crippen LogP contribution in [0.5, 0.6) is 0 Å². The van der Waals surface area contributed by atoms with Gasteiger partial charge in [-0.1, -0.05) is 26.8 Å². The molecule has 17 heavy (non-hydrogen) atoms. The summed E-state index contributed by atoms with van der Waals surface area (Å²) in [4.78, 5) is 1.29. The molecule has 0 aliphatic rings. The highest BCUT2D eigenvalue weighted by Gasteiger charge is 2.17. The monoisotopic (exact) mass is 251 g/mol. The summed E-state index contributed by atoms with van der Waals surface area (Å²) in [6.45, 7) is 7.48. The standard InChI is InChI=1S/C14H18FNS/c1-4-16-14(9(2)3)13-7-10-5-6-11(15)8-12(10)17-13/h5-9,14,16H,4H2,1-3H3. The highest BCUT2D eigenvalue weighted by molar-refractivity contribution is 7.19. The van der Waals surface area contributed by atoms with Gasteiger partial charge in [-0.05, 0) is 36.0 Å². The van der Waals surface area contributed by atoms with Crippen LogP contribution in [0, 0.1) is 11.7 Å². The minimum atomic E-state index is -0.157. The van der Waals surface area contributed by atoms with Crippen molar-refractivity contribution in [2.24, 2.45) is 5.92 Å². The predicted octanol–water partition coefficient (Wildman–Crippen LogP) is 4.35. The fourth-order valence-electron chi connectivity index (χ4n) is 2.06. The minimum Gasteiger partial charge on any atom is -0.309 e. The van der Waals surface area contributed by atoms with Gasteiger partial charge in [0.25, 0.3) is 0 Å². The summed E-state index contributed by atoms with van der Waals surface area (Å²) in [6, 6.07) is 7.53. The number of rotatable bonds is 4. The normalized spacial score (nSPS) is 13.5. The highest BCUT2D eigenvalue weighted by atomic mass is 32.1. The lowest BCUT2D eigenvalue weighted by Crippen LogP contribution is -2.24. The Morgan fingerprint density at radius 1 is 1.29 bits per heavy atom. The van der Waals surface area contributed by atoms with Crippen molar-refractivity contribution in [1.82, 2.24) is 5.32 Å². The molecule has 92 valence electrons. The van der Waals surface area contributed by atoms with E-state index in [4.69, 9.17) is 0 Å². The van der Waals surface area contributed by atoms with Crippen molar-refractivity contribution in [3.63, 3.8) is 0 Å². The first-order chi connectivity index (χ1) is 8.11. The van der Waals surface area contributed by atoms with E-state index < -0.39 is 0 Å². The van der Waals surface area contributed by atoms with Crippen LogP contribution in [-0.2, 0) is 0 Å². The third-order valence-corrected chi connectivity index (χ3v) is 4.08. The molecule has 1 aromatic carbocycles. The number of nitrogens with one attached hydrogen (secondary N) is 1. The second kappa shape index (κ2) is 5.15. The van der Waals surface area contributed by atoms with Crippen molar-refractivity contribution in [2.75, 3.05) is 6.54 Å². The third kappa shape index (κ3) is 2.67. The molecule has 1 unspecified atom stereocenters. The molecule has 2 rings (SSSR count). The molecule has 3 heteroatoms. The smallest absolute Gasteiger partial charge is 0.124 e. The molecular formula is C14H18FNS. The van der Waals surface area contributed by atoms with Gasteiger partial charge in [0.05, 0.1) is 0 Å². The Kier molecular flexibility index (Phi) is 3.79. The molecule has 1 aromatic heterocycles. The number of benzene rings is 1. The van der Waals surface area contributed by atoms with E-state index in [0.717, 1.165) is 16.6 Å². The number of halogens is 1. The maximum atomic E-state index is 13.1. The van der Waals surface area contributed by atoms with Gasteiger partial charge in [-0.15, -0.1) is 11.3 Å². The van der Waals surface area contributed by atoms with Crippen LogP contribution in [0.2, 0.25) is 0 Å². The molecule has 2 aromatic rings. The van der Waals surface area contributed by atoms with Crippen LogP contribution in [0.4, 0.5) is 4.39 Å². The van der Waals surface area contributed by atoms with E-state index in [2.05, 4.69) is 32.2 Å². The molecule has 0 aliphatic heterocycles. The van der Waals surface area contributed by atoms with Crippen LogP contribution >= 0.6 is 11.3 Å². The Balaban J connectivity index is 2.40. The van der Waals surface area contributed by atoms with Crippen LogP contribution in [0.3, 0.4) is 0 Å². The van der Waals surface area contributed by atoms with E-state index in [0.29, 0.717) is 12.0 Å². The number of hydrogen-bond donors (Lipinski definition) is 1. The lowest BCUT2D eigenvalue weighted by molar-refractivity contribution is 0.428. The predicted molar refractivity (Wildman–Crippen MR) is 73.0 cm³/mol. The van der Waals surface area contributed by atoms with Gasteiger partial charge in [0.1, 0.15) is 5.82 Å². The summed E-state index contributed by atoms with van der Waals surface area (Å²) in [5.74, 6) is 0.378. The Labute approximate surface area is 106 Å². The maximum absolute atomic E-state index is 13.1. The van der Waals surface area contributed by atoms with Gasteiger partial charge >= 0.3 is 0 Å². The Morgan fingerprint density at radius 2 is 2.06 bits per heavy atom.